The van der Waals surface area contributed by atoms with Crippen molar-refractivity contribution >= 4 is 0 Å². The zero-order valence-electron chi connectivity index (χ0n) is 11.5. The first-order valence-corrected chi connectivity index (χ1v) is 6.58. The number of halogens is 3. The van der Waals surface area contributed by atoms with Gasteiger partial charge >= 0.3 is 6.18 Å². The van der Waals surface area contributed by atoms with Crippen molar-refractivity contribution in [2.75, 3.05) is 19.6 Å². The Morgan fingerprint density at radius 3 is 2.35 bits per heavy atom. The van der Waals surface area contributed by atoms with Gasteiger partial charge in [0.2, 0.25) is 0 Å². The number of hydrogen-bond donors (Lipinski definition) is 2. The third-order valence-electron chi connectivity index (χ3n) is 3.10. The summed E-state index contributed by atoms with van der Waals surface area (Å²) in [6.07, 6.45) is -4.82. The topological polar surface area (TPSA) is 49.5 Å². The van der Waals surface area contributed by atoms with Crippen LogP contribution in [0.15, 0.2) is 30.3 Å². The van der Waals surface area contributed by atoms with Crippen molar-refractivity contribution in [3.8, 4) is 0 Å². The first-order chi connectivity index (χ1) is 9.31. The molecule has 114 valence electrons. The van der Waals surface area contributed by atoms with E-state index in [-0.39, 0.29) is 13.1 Å². The molecule has 0 saturated heterocycles. The SMILES string of the molecule is CCN(CC(O)C(N)Cc1ccccc1)CC(F)(F)F. The largest absolute Gasteiger partial charge is 0.401 e. The summed E-state index contributed by atoms with van der Waals surface area (Å²) >= 11 is 0. The molecule has 0 saturated carbocycles. The second-order valence-electron chi connectivity index (χ2n) is 4.86. The number of likely N-dealkylation sites (N-methyl/N-ethyl adjacent to an activating group) is 1. The number of rotatable bonds is 7. The number of nitrogens with zero attached hydrogens (tertiary/aromatic N) is 1. The summed E-state index contributed by atoms with van der Waals surface area (Å²) in [6.45, 7) is 0.735. The van der Waals surface area contributed by atoms with Crippen LogP contribution in [0, 0.1) is 0 Å². The molecule has 0 aliphatic carbocycles. The van der Waals surface area contributed by atoms with Gasteiger partial charge in [-0.3, -0.25) is 4.90 Å². The van der Waals surface area contributed by atoms with Crippen LogP contribution in [0.4, 0.5) is 13.2 Å². The zero-order valence-corrected chi connectivity index (χ0v) is 11.5. The van der Waals surface area contributed by atoms with Crippen molar-refractivity contribution < 1.29 is 18.3 Å². The van der Waals surface area contributed by atoms with E-state index in [1.54, 1.807) is 6.92 Å². The molecule has 0 radical (unpaired) electrons. The van der Waals surface area contributed by atoms with Gasteiger partial charge in [0.25, 0.3) is 0 Å². The average molecular weight is 290 g/mol. The molecule has 0 amide bonds. The molecule has 0 spiro atoms. The van der Waals surface area contributed by atoms with Crippen LogP contribution in [-0.4, -0.2) is 48.0 Å². The number of aliphatic hydroxyl groups is 1. The predicted octanol–water partition coefficient (Wildman–Crippen LogP) is 1.80. The molecule has 1 rings (SSSR count). The Morgan fingerprint density at radius 2 is 1.85 bits per heavy atom. The van der Waals surface area contributed by atoms with Crippen molar-refractivity contribution in [3.63, 3.8) is 0 Å². The minimum atomic E-state index is -4.26. The van der Waals surface area contributed by atoms with Crippen LogP contribution in [0.5, 0.6) is 0 Å². The quantitative estimate of drug-likeness (QED) is 0.805. The highest BCUT2D eigenvalue weighted by molar-refractivity contribution is 5.16. The van der Waals surface area contributed by atoms with E-state index in [1.807, 2.05) is 30.3 Å². The van der Waals surface area contributed by atoms with E-state index < -0.39 is 24.9 Å². The Labute approximate surface area is 117 Å². The maximum atomic E-state index is 12.3. The van der Waals surface area contributed by atoms with Gasteiger partial charge in [0.05, 0.1) is 12.6 Å². The normalized spacial score (nSPS) is 15.3. The molecule has 3 N–H and O–H groups in total. The molecule has 0 bridgehead atoms. The lowest BCUT2D eigenvalue weighted by molar-refractivity contribution is -0.148. The molecule has 1 aromatic carbocycles. The van der Waals surface area contributed by atoms with Crippen LogP contribution < -0.4 is 5.73 Å². The van der Waals surface area contributed by atoms with Gasteiger partial charge < -0.3 is 10.8 Å². The van der Waals surface area contributed by atoms with E-state index in [1.165, 1.54) is 0 Å². The molecular weight excluding hydrogens is 269 g/mol. The summed E-state index contributed by atoms with van der Waals surface area (Å²) < 4.78 is 37.0. The second kappa shape index (κ2) is 7.61. The Balaban J connectivity index is 2.49. The highest BCUT2D eigenvalue weighted by atomic mass is 19.4. The molecular formula is C14H21F3N2O. The van der Waals surface area contributed by atoms with Gasteiger partial charge in [0.1, 0.15) is 0 Å². The molecule has 0 heterocycles. The van der Waals surface area contributed by atoms with Gasteiger partial charge in [-0.2, -0.15) is 13.2 Å². The number of nitrogens with two attached hydrogens (primary N) is 1. The van der Waals surface area contributed by atoms with E-state index in [0.29, 0.717) is 6.42 Å². The summed E-state index contributed by atoms with van der Waals surface area (Å²) in [6, 6.07) is 8.75. The van der Waals surface area contributed by atoms with Gasteiger partial charge in [-0.1, -0.05) is 37.3 Å². The van der Waals surface area contributed by atoms with Gasteiger partial charge in [-0.25, -0.2) is 0 Å². The van der Waals surface area contributed by atoms with E-state index in [2.05, 4.69) is 0 Å². The lowest BCUT2D eigenvalue weighted by Crippen LogP contribution is -2.46. The van der Waals surface area contributed by atoms with Crippen LogP contribution in [-0.2, 0) is 6.42 Å². The fourth-order valence-corrected chi connectivity index (χ4v) is 1.98. The lowest BCUT2D eigenvalue weighted by Gasteiger charge is -2.27. The Kier molecular flexibility index (Phi) is 6.45. The maximum absolute atomic E-state index is 12.3. The predicted molar refractivity (Wildman–Crippen MR) is 72.3 cm³/mol. The van der Waals surface area contributed by atoms with Crippen molar-refractivity contribution in [2.24, 2.45) is 5.73 Å². The third-order valence-corrected chi connectivity index (χ3v) is 3.10. The van der Waals surface area contributed by atoms with Crippen LogP contribution in [0.25, 0.3) is 0 Å². The van der Waals surface area contributed by atoms with Gasteiger partial charge in [0, 0.05) is 12.6 Å². The van der Waals surface area contributed by atoms with E-state index in [9.17, 15) is 18.3 Å². The first kappa shape index (κ1) is 16.9. The molecule has 0 aliphatic heterocycles. The van der Waals surface area contributed by atoms with E-state index in [0.717, 1.165) is 10.5 Å². The van der Waals surface area contributed by atoms with Gasteiger partial charge in [0.15, 0.2) is 0 Å². The zero-order chi connectivity index (χ0) is 15.2. The van der Waals surface area contributed by atoms with Crippen LogP contribution >= 0.6 is 0 Å². The lowest BCUT2D eigenvalue weighted by atomic mass is 10.0. The van der Waals surface area contributed by atoms with Crippen molar-refractivity contribution in [3.05, 3.63) is 35.9 Å². The summed E-state index contributed by atoms with van der Waals surface area (Å²) in [5, 5.41) is 9.94. The van der Waals surface area contributed by atoms with Crippen LogP contribution in [0.3, 0.4) is 0 Å². The Bertz CT molecular complexity index is 384. The molecule has 6 heteroatoms. The fourth-order valence-electron chi connectivity index (χ4n) is 1.98. The number of hydrogen-bond acceptors (Lipinski definition) is 3. The molecule has 2 unspecified atom stereocenters. The monoisotopic (exact) mass is 290 g/mol. The summed E-state index contributed by atoms with van der Waals surface area (Å²) in [4.78, 5) is 1.15. The molecule has 3 nitrogen and oxygen atoms in total. The Hall–Kier alpha value is -1.11. The molecule has 1 aromatic rings. The number of alkyl halides is 3. The van der Waals surface area contributed by atoms with Crippen molar-refractivity contribution in [1.29, 1.82) is 0 Å². The van der Waals surface area contributed by atoms with E-state index in [4.69, 9.17) is 5.73 Å². The standard InChI is InChI=1S/C14H21F3N2O/c1-2-19(10-14(15,16)17)9-13(20)12(18)8-11-6-4-3-5-7-11/h3-7,12-13,20H,2,8-10,18H2,1H3. The Morgan fingerprint density at radius 1 is 1.25 bits per heavy atom. The average Bonchev–Trinajstić information content (AvgIpc) is 2.37. The smallest absolute Gasteiger partial charge is 0.390 e. The maximum Gasteiger partial charge on any atom is 0.401 e. The summed E-state index contributed by atoms with van der Waals surface area (Å²) in [7, 11) is 0. The number of benzene rings is 1. The highest BCUT2D eigenvalue weighted by Gasteiger charge is 2.31. The van der Waals surface area contributed by atoms with Crippen molar-refractivity contribution in [1.82, 2.24) is 4.90 Å². The van der Waals surface area contributed by atoms with Crippen molar-refractivity contribution in [2.45, 2.75) is 31.7 Å². The number of aliphatic hydroxyl groups excluding tert-OH is 1. The molecule has 0 aromatic heterocycles. The summed E-state index contributed by atoms with van der Waals surface area (Å²) in [5.74, 6) is 0. The third kappa shape index (κ3) is 6.36. The fraction of sp³-hybridized carbons (Fsp3) is 0.571. The van der Waals surface area contributed by atoms with Crippen LogP contribution in [0.2, 0.25) is 0 Å². The minimum Gasteiger partial charge on any atom is -0.390 e. The first-order valence-electron chi connectivity index (χ1n) is 6.58. The molecule has 2 atom stereocenters. The molecule has 0 fully saturated rings. The second-order valence-corrected chi connectivity index (χ2v) is 4.86. The van der Waals surface area contributed by atoms with Gasteiger partial charge in [-0.15, -0.1) is 0 Å². The minimum absolute atomic E-state index is 0.0794. The molecule has 0 aliphatic rings. The van der Waals surface area contributed by atoms with Gasteiger partial charge in [-0.05, 0) is 18.5 Å². The highest BCUT2D eigenvalue weighted by Crippen LogP contribution is 2.17. The van der Waals surface area contributed by atoms with E-state index >= 15 is 0 Å². The van der Waals surface area contributed by atoms with Crippen LogP contribution in [0.1, 0.15) is 12.5 Å². The summed E-state index contributed by atoms with van der Waals surface area (Å²) in [5.41, 5.74) is 6.81. The molecule has 20 heavy (non-hydrogen) atoms.